The van der Waals surface area contributed by atoms with Crippen LogP contribution in [0.2, 0.25) is 0 Å². The number of nitrogens with one attached hydrogen (secondary N) is 1. The summed E-state index contributed by atoms with van der Waals surface area (Å²) in [7, 11) is -3.89. The summed E-state index contributed by atoms with van der Waals surface area (Å²) in [6.45, 7) is 4.67. The highest BCUT2D eigenvalue weighted by Gasteiger charge is 2.27. The van der Waals surface area contributed by atoms with Crippen molar-refractivity contribution in [3.05, 3.63) is 78.4 Å². The van der Waals surface area contributed by atoms with Gasteiger partial charge in [-0.15, -0.1) is 0 Å². The van der Waals surface area contributed by atoms with E-state index in [-0.39, 0.29) is 17.3 Å². The Hall–Kier alpha value is -3.13. The van der Waals surface area contributed by atoms with E-state index in [1.54, 1.807) is 55.0 Å². The van der Waals surface area contributed by atoms with Gasteiger partial charge in [-0.25, -0.2) is 13.4 Å². The number of hydrogen-bond donors (Lipinski definition) is 1. The van der Waals surface area contributed by atoms with Crippen LogP contribution in [0.5, 0.6) is 0 Å². The number of carbonyl (C=O) groups is 1. The Kier molecular flexibility index (Phi) is 6.89. The third-order valence-corrected chi connectivity index (χ3v) is 6.45. The van der Waals surface area contributed by atoms with Crippen LogP contribution in [0, 0.1) is 13.8 Å². The van der Waals surface area contributed by atoms with Gasteiger partial charge in [0, 0.05) is 25.5 Å². The number of imidazole rings is 1. The van der Waals surface area contributed by atoms with Crippen LogP contribution in [-0.2, 0) is 21.4 Å². The maximum Gasteiger partial charge on any atom is 0.264 e. The Morgan fingerprint density at radius 2 is 1.87 bits per heavy atom. The van der Waals surface area contributed by atoms with Crippen molar-refractivity contribution in [2.45, 2.75) is 31.7 Å². The Balaban J connectivity index is 1.74. The molecule has 0 aliphatic carbocycles. The molecule has 0 fully saturated rings. The zero-order valence-corrected chi connectivity index (χ0v) is 18.0. The predicted molar refractivity (Wildman–Crippen MR) is 117 cm³/mol. The summed E-state index contributed by atoms with van der Waals surface area (Å²) in [5.41, 5.74) is 2.34. The van der Waals surface area contributed by atoms with E-state index in [0.29, 0.717) is 12.2 Å². The van der Waals surface area contributed by atoms with Crippen molar-refractivity contribution in [3.8, 4) is 0 Å². The van der Waals surface area contributed by atoms with Crippen LogP contribution in [0.1, 0.15) is 17.5 Å². The molecule has 0 saturated heterocycles. The normalized spacial score (nSPS) is 11.3. The van der Waals surface area contributed by atoms with Crippen molar-refractivity contribution < 1.29 is 13.2 Å². The maximum absolute atomic E-state index is 13.3. The first-order valence-corrected chi connectivity index (χ1v) is 11.2. The second kappa shape index (κ2) is 9.58. The minimum absolute atomic E-state index is 0.155. The standard InChI is InChI=1S/C22H26N4O3S/c1-18-7-9-21(10-8-18)30(28,29)26(20-6-3-5-19(2)15-20)16-22(27)24-11-4-13-25-14-12-23-17-25/h3,5-10,12,14-15,17H,4,11,13,16H2,1-2H3,(H,24,27). The number of carbonyl (C=O) groups excluding carboxylic acids is 1. The summed E-state index contributed by atoms with van der Waals surface area (Å²) in [5, 5.41) is 2.81. The number of nitrogens with zero attached hydrogens (tertiary/aromatic N) is 3. The first-order chi connectivity index (χ1) is 14.4. The smallest absolute Gasteiger partial charge is 0.264 e. The molecule has 0 spiro atoms. The Morgan fingerprint density at radius 3 is 2.53 bits per heavy atom. The van der Waals surface area contributed by atoms with Crippen molar-refractivity contribution in [1.82, 2.24) is 14.9 Å². The molecule has 0 aliphatic heterocycles. The van der Waals surface area contributed by atoms with E-state index in [0.717, 1.165) is 28.4 Å². The molecule has 7 nitrogen and oxygen atoms in total. The van der Waals surface area contributed by atoms with Gasteiger partial charge in [-0.3, -0.25) is 9.10 Å². The van der Waals surface area contributed by atoms with Crippen LogP contribution in [0.3, 0.4) is 0 Å². The highest BCUT2D eigenvalue weighted by Crippen LogP contribution is 2.24. The fourth-order valence-corrected chi connectivity index (χ4v) is 4.44. The van der Waals surface area contributed by atoms with Gasteiger partial charge in [0.2, 0.25) is 5.91 Å². The second-order valence-corrected chi connectivity index (χ2v) is 9.03. The van der Waals surface area contributed by atoms with E-state index in [1.807, 2.05) is 30.7 Å². The molecule has 3 aromatic rings. The van der Waals surface area contributed by atoms with Crippen molar-refractivity contribution in [3.63, 3.8) is 0 Å². The first-order valence-electron chi connectivity index (χ1n) is 9.75. The Labute approximate surface area is 177 Å². The van der Waals surface area contributed by atoms with Gasteiger partial charge >= 0.3 is 0 Å². The van der Waals surface area contributed by atoms with Gasteiger partial charge in [0.25, 0.3) is 10.0 Å². The highest BCUT2D eigenvalue weighted by molar-refractivity contribution is 7.92. The zero-order valence-electron chi connectivity index (χ0n) is 17.2. The van der Waals surface area contributed by atoms with Crippen LogP contribution in [0.15, 0.2) is 72.1 Å². The molecule has 158 valence electrons. The van der Waals surface area contributed by atoms with E-state index in [1.165, 1.54) is 0 Å². The van der Waals surface area contributed by atoms with Gasteiger partial charge in [0.05, 0.1) is 16.9 Å². The Bertz CT molecular complexity index is 1080. The summed E-state index contributed by atoms with van der Waals surface area (Å²) in [6.07, 6.45) is 6.00. The summed E-state index contributed by atoms with van der Waals surface area (Å²) >= 11 is 0. The molecule has 2 aromatic carbocycles. The first kappa shape index (κ1) is 21.6. The average molecular weight is 427 g/mol. The lowest BCUT2D eigenvalue weighted by molar-refractivity contribution is -0.119. The van der Waals surface area contributed by atoms with Crippen LogP contribution in [0.25, 0.3) is 0 Å². The minimum atomic E-state index is -3.89. The van der Waals surface area contributed by atoms with Crippen LogP contribution in [0.4, 0.5) is 5.69 Å². The number of amides is 1. The summed E-state index contributed by atoms with van der Waals surface area (Å²) < 4.78 is 29.7. The molecule has 1 aromatic heterocycles. The molecule has 1 heterocycles. The zero-order chi connectivity index (χ0) is 21.6. The van der Waals surface area contributed by atoms with E-state index in [2.05, 4.69) is 10.3 Å². The molecule has 8 heteroatoms. The second-order valence-electron chi connectivity index (χ2n) is 7.17. The van der Waals surface area contributed by atoms with E-state index < -0.39 is 10.0 Å². The number of sulfonamides is 1. The lowest BCUT2D eigenvalue weighted by Crippen LogP contribution is -2.41. The van der Waals surface area contributed by atoms with E-state index in [4.69, 9.17) is 0 Å². The molecule has 0 aliphatic rings. The number of benzene rings is 2. The van der Waals surface area contributed by atoms with Crippen molar-refractivity contribution >= 4 is 21.6 Å². The van der Waals surface area contributed by atoms with Gasteiger partial charge < -0.3 is 9.88 Å². The van der Waals surface area contributed by atoms with Crippen LogP contribution in [-0.4, -0.2) is 37.0 Å². The van der Waals surface area contributed by atoms with Crippen molar-refractivity contribution in [1.29, 1.82) is 0 Å². The van der Waals surface area contributed by atoms with Gasteiger partial charge in [-0.1, -0.05) is 29.8 Å². The lowest BCUT2D eigenvalue weighted by atomic mass is 10.2. The summed E-state index contributed by atoms with van der Waals surface area (Å²) in [6, 6.07) is 13.8. The Morgan fingerprint density at radius 1 is 1.10 bits per heavy atom. The van der Waals surface area contributed by atoms with Crippen molar-refractivity contribution in [2.24, 2.45) is 0 Å². The molecule has 0 radical (unpaired) electrons. The summed E-state index contributed by atoms with van der Waals surface area (Å²) in [4.78, 5) is 16.7. The molecule has 3 rings (SSSR count). The minimum Gasteiger partial charge on any atom is -0.354 e. The molecule has 0 saturated carbocycles. The molecule has 0 bridgehead atoms. The van der Waals surface area contributed by atoms with Gasteiger partial charge in [-0.2, -0.15) is 0 Å². The highest BCUT2D eigenvalue weighted by atomic mass is 32.2. The van der Waals surface area contributed by atoms with E-state index in [9.17, 15) is 13.2 Å². The van der Waals surface area contributed by atoms with Crippen molar-refractivity contribution in [2.75, 3.05) is 17.4 Å². The van der Waals surface area contributed by atoms with Crippen LogP contribution < -0.4 is 9.62 Å². The van der Waals surface area contributed by atoms with Gasteiger partial charge in [0.15, 0.2) is 0 Å². The largest absolute Gasteiger partial charge is 0.354 e. The summed E-state index contributed by atoms with van der Waals surface area (Å²) in [5.74, 6) is -0.349. The number of anilines is 1. The topological polar surface area (TPSA) is 84.3 Å². The molecule has 1 N–H and O–H groups in total. The predicted octanol–water partition coefficient (Wildman–Crippen LogP) is 2.90. The number of aryl methyl sites for hydroxylation is 3. The lowest BCUT2D eigenvalue weighted by Gasteiger charge is -2.24. The fourth-order valence-electron chi connectivity index (χ4n) is 3.03. The molecular weight excluding hydrogens is 400 g/mol. The number of rotatable bonds is 9. The molecule has 0 unspecified atom stereocenters. The number of hydrogen-bond acceptors (Lipinski definition) is 4. The average Bonchev–Trinajstić information content (AvgIpc) is 3.23. The maximum atomic E-state index is 13.3. The molecule has 1 amide bonds. The third kappa shape index (κ3) is 5.48. The fraction of sp³-hybridized carbons (Fsp3) is 0.273. The monoisotopic (exact) mass is 426 g/mol. The quantitative estimate of drug-likeness (QED) is 0.533. The van der Waals surface area contributed by atoms with Gasteiger partial charge in [0.1, 0.15) is 6.54 Å². The molecule has 30 heavy (non-hydrogen) atoms. The van der Waals surface area contributed by atoms with E-state index >= 15 is 0 Å². The molecular formula is C22H26N4O3S. The van der Waals surface area contributed by atoms with Crippen LogP contribution >= 0.6 is 0 Å². The third-order valence-electron chi connectivity index (χ3n) is 4.66. The van der Waals surface area contributed by atoms with Gasteiger partial charge in [-0.05, 0) is 50.1 Å². The number of aromatic nitrogens is 2. The molecule has 0 atom stereocenters. The SMILES string of the molecule is Cc1ccc(S(=O)(=O)N(CC(=O)NCCCn2ccnc2)c2cccc(C)c2)cc1.